The van der Waals surface area contributed by atoms with Crippen LogP contribution in [0.5, 0.6) is 0 Å². The highest BCUT2D eigenvalue weighted by Gasteiger charge is 2.12. The second-order valence-corrected chi connectivity index (χ2v) is 5.52. The van der Waals surface area contributed by atoms with Gasteiger partial charge in [-0.25, -0.2) is 4.68 Å². The van der Waals surface area contributed by atoms with Crippen molar-refractivity contribution in [1.29, 1.82) is 0 Å². The number of ketones is 1. The van der Waals surface area contributed by atoms with Crippen molar-refractivity contribution in [3.63, 3.8) is 0 Å². The summed E-state index contributed by atoms with van der Waals surface area (Å²) in [7, 11) is 0. The summed E-state index contributed by atoms with van der Waals surface area (Å²) in [5.74, 6) is 0.430. The van der Waals surface area contributed by atoms with Crippen molar-refractivity contribution >= 4 is 17.5 Å². The van der Waals surface area contributed by atoms with E-state index in [2.05, 4.69) is 15.5 Å². The van der Waals surface area contributed by atoms with Gasteiger partial charge in [-0.2, -0.15) is 0 Å². The second-order valence-electron chi connectivity index (χ2n) is 4.58. The molecule has 100 valence electrons. The Kier molecular flexibility index (Phi) is 4.31. The first-order valence-electron chi connectivity index (χ1n) is 6.08. The lowest BCUT2D eigenvalue weighted by Crippen LogP contribution is -2.07. The number of rotatable bonds is 5. The Hall–Kier alpha value is -1.69. The van der Waals surface area contributed by atoms with Crippen LogP contribution in [0.4, 0.5) is 0 Å². The van der Waals surface area contributed by atoms with E-state index in [1.165, 1.54) is 11.8 Å². The van der Waals surface area contributed by atoms with E-state index in [0.717, 1.165) is 11.1 Å². The van der Waals surface area contributed by atoms with Crippen LogP contribution < -0.4 is 0 Å². The Morgan fingerprint density at radius 1 is 1.32 bits per heavy atom. The summed E-state index contributed by atoms with van der Waals surface area (Å²) in [6.07, 6.45) is 0. The molecular weight excluding hydrogens is 260 g/mol. The maximum Gasteiger partial charge on any atom is 0.209 e. The summed E-state index contributed by atoms with van der Waals surface area (Å²) < 4.78 is 1.72. The number of carbonyl (C=O) groups excluding carboxylic acids is 1. The molecule has 5 nitrogen and oxygen atoms in total. The Morgan fingerprint density at radius 3 is 2.63 bits per heavy atom. The van der Waals surface area contributed by atoms with Crippen LogP contribution in [0, 0.1) is 6.92 Å². The molecular formula is C13H16N4OS. The molecule has 0 saturated carbocycles. The summed E-state index contributed by atoms with van der Waals surface area (Å²) in [6, 6.07) is 7.77. The van der Waals surface area contributed by atoms with Crippen molar-refractivity contribution in [2.24, 2.45) is 0 Å². The van der Waals surface area contributed by atoms with Gasteiger partial charge in [-0.15, -0.1) is 5.10 Å². The molecule has 0 unspecified atom stereocenters. The SMILES string of the molecule is Cc1ccc(C(=O)CSc2nnnn2C(C)C)cc1. The first kappa shape index (κ1) is 13.7. The van der Waals surface area contributed by atoms with Gasteiger partial charge in [-0.05, 0) is 31.2 Å². The van der Waals surface area contributed by atoms with Crippen LogP contribution in [0.2, 0.25) is 0 Å². The first-order valence-corrected chi connectivity index (χ1v) is 7.07. The molecule has 0 amide bonds. The molecule has 0 N–H and O–H groups in total. The number of thioether (sulfide) groups is 1. The van der Waals surface area contributed by atoms with E-state index in [9.17, 15) is 4.79 Å². The van der Waals surface area contributed by atoms with E-state index < -0.39 is 0 Å². The fourth-order valence-electron chi connectivity index (χ4n) is 1.56. The second kappa shape index (κ2) is 5.97. The van der Waals surface area contributed by atoms with Gasteiger partial charge in [0.15, 0.2) is 5.78 Å². The van der Waals surface area contributed by atoms with Crippen molar-refractivity contribution in [2.75, 3.05) is 5.75 Å². The molecule has 0 aliphatic carbocycles. The smallest absolute Gasteiger partial charge is 0.209 e. The van der Waals surface area contributed by atoms with Crippen molar-refractivity contribution in [2.45, 2.75) is 32.0 Å². The van der Waals surface area contributed by atoms with Crippen LogP contribution in [0.3, 0.4) is 0 Å². The zero-order valence-electron chi connectivity index (χ0n) is 11.2. The molecule has 0 aliphatic rings. The highest BCUT2D eigenvalue weighted by Crippen LogP contribution is 2.18. The molecule has 0 bridgehead atoms. The zero-order valence-corrected chi connectivity index (χ0v) is 12.0. The maximum absolute atomic E-state index is 12.0. The van der Waals surface area contributed by atoms with Gasteiger partial charge in [-0.1, -0.05) is 41.6 Å². The van der Waals surface area contributed by atoms with Crippen LogP contribution in [-0.4, -0.2) is 31.7 Å². The predicted molar refractivity (Wildman–Crippen MR) is 74.4 cm³/mol. The van der Waals surface area contributed by atoms with E-state index in [1.54, 1.807) is 4.68 Å². The topological polar surface area (TPSA) is 60.7 Å². The largest absolute Gasteiger partial charge is 0.293 e. The molecule has 0 atom stereocenters. The third-order valence-corrected chi connectivity index (χ3v) is 3.59. The molecule has 0 fully saturated rings. The van der Waals surface area contributed by atoms with E-state index in [-0.39, 0.29) is 11.8 Å². The maximum atomic E-state index is 12.0. The molecule has 0 radical (unpaired) electrons. The number of tetrazole rings is 1. The van der Waals surface area contributed by atoms with Gasteiger partial charge in [0.2, 0.25) is 5.16 Å². The number of Topliss-reactive ketones (excluding diaryl/α,β-unsaturated/α-hetero) is 1. The normalized spacial score (nSPS) is 10.9. The quantitative estimate of drug-likeness (QED) is 0.620. The number of carbonyl (C=O) groups is 1. The summed E-state index contributed by atoms with van der Waals surface area (Å²) >= 11 is 1.37. The first-order chi connectivity index (χ1) is 9.08. The molecule has 6 heteroatoms. The molecule has 0 saturated heterocycles. The Labute approximate surface area is 116 Å². The van der Waals surface area contributed by atoms with E-state index >= 15 is 0 Å². The van der Waals surface area contributed by atoms with Crippen molar-refractivity contribution in [3.05, 3.63) is 35.4 Å². The minimum Gasteiger partial charge on any atom is -0.293 e. The number of benzene rings is 1. The highest BCUT2D eigenvalue weighted by molar-refractivity contribution is 7.99. The number of hydrogen-bond acceptors (Lipinski definition) is 5. The molecule has 2 rings (SSSR count). The van der Waals surface area contributed by atoms with Crippen LogP contribution in [-0.2, 0) is 0 Å². The highest BCUT2D eigenvalue weighted by atomic mass is 32.2. The van der Waals surface area contributed by atoms with Gasteiger partial charge in [-0.3, -0.25) is 4.79 Å². The Bertz CT molecular complexity index is 562. The molecule has 1 aromatic carbocycles. The number of nitrogens with zero attached hydrogens (tertiary/aromatic N) is 4. The van der Waals surface area contributed by atoms with Crippen LogP contribution in [0.1, 0.15) is 35.8 Å². The van der Waals surface area contributed by atoms with Gasteiger partial charge in [0, 0.05) is 5.56 Å². The van der Waals surface area contributed by atoms with Crippen LogP contribution in [0.15, 0.2) is 29.4 Å². The third kappa shape index (κ3) is 3.41. The summed E-state index contributed by atoms with van der Waals surface area (Å²) in [4.78, 5) is 12.0. The molecule has 1 heterocycles. The van der Waals surface area contributed by atoms with Crippen molar-refractivity contribution in [3.8, 4) is 0 Å². The molecule has 19 heavy (non-hydrogen) atoms. The number of aromatic nitrogens is 4. The molecule has 1 aromatic heterocycles. The fourth-order valence-corrected chi connectivity index (χ4v) is 2.46. The van der Waals surface area contributed by atoms with Crippen LogP contribution >= 0.6 is 11.8 Å². The van der Waals surface area contributed by atoms with Crippen LogP contribution in [0.25, 0.3) is 0 Å². The monoisotopic (exact) mass is 276 g/mol. The Balaban J connectivity index is 2.00. The lowest BCUT2D eigenvalue weighted by Gasteiger charge is -2.06. The van der Waals surface area contributed by atoms with E-state index in [1.807, 2.05) is 45.0 Å². The predicted octanol–water partition coefficient (Wildman–Crippen LogP) is 2.54. The minimum absolute atomic E-state index is 0.0864. The van der Waals surface area contributed by atoms with Gasteiger partial charge in [0.05, 0.1) is 11.8 Å². The standard InChI is InChI=1S/C13H16N4OS/c1-9(2)17-13(14-15-16-17)19-8-12(18)11-6-4-10(3)5-7-11/h4-7,9H,8H2,1-3H3. The third-order valence-electron chi connectivity index (χ3n) is 2.66. The van der Waals surface area contributed by atoms with Crippen molar-refractivity contribution < 1.29 is 4.79 Å². The lowest BCUT2D eigenvalue weighted by molar-refractivity contribution is 0.102. The van der Waals surface area contributed by atoms with Crippen molar-refractivity contribution in [1.82, 2.24) is 20.2 Å². The number of hydrogen-bond donors (Lipinski definition) is 0. The average Bonchev–Trinajstić information content (AvgIpc) is 2.85. The minimum atomic E-state index is 0.0864. The van der Waals surface area contributed by atoms with Gasteiger partial charge in [0.1, 0.15) is 0 Å². The van der Waals surface area contributed by atoms with E-state index in [0.29, 0.717) is 10.9 Å². The summed E-state index contributed by atoms with van der Waals surface area (Å²) in [6.45, 7) is 6.00. The number of aryl methyl sites for hydroxylation is 1. The Morgan fingerprint density at radius 2 is 2.00 bits per heavy atom. The summed E-state index contributed by atoms with van der Waals surface area (Å²) in [5, 5.41) is 12.1. The average molecular weight is 276 g/mol. The lowest BCUT2D eigenvalue weighted by atomic mass is 10.1. The molecule has 0 spiro atoms. The fraction of sp³-hybridized carbons (Fsp3) is 0.385. The van der Waals surface area contributed by atoms with Gasteiger partial charge < -0.3 is 0 Å². The molecule has 0 aliphatic heterocycles. The van der Waals surface area contributed by atoms with Gasteiger partial charge in [0.25, 0.3) is 0 Å². The summed E-state index contributed by atoms with van der Waals surface area (Å²) in [5.41, 5.74) is 1.87. The zero-order chi connectivity index (χ0) is 13.8. The van der Waals surface area contributed by atoms with E-state index in [4.69, 9.17) is 0 Å². The van der Waals surface area contributed by atoms with Gasteiger partial charge >= 0.3 is 0 Å². The molecule has 2 aromatic rings.